The molecule has 1 aliphatic heterocycles. The molecule has 5 heteroatoms. The van der Waals surface area contributed by atoms with Crippen molar-refractivity contribution in [3.63, 3.8) is 0 Å². The van der Waals surface area contributed by atoms with Crippen molar-refractivity contribution in [2.24, 2.45) is 0 Å². The topological polar surface area (TPSA) is 52.0 Å². The molecule has 5 nitrogen and oxygen atoms in total. The van der Waals surface area contributed by atoms with Crippen LogP contribution in [0.2, 0.25) is 0 Å². The van der Waals surface area contributed by atoms with Crippen LogP contribution in [0.25, 0.3) is 0 Å². The normalized spacial score (nSPS) is 21.6. The highest BCUT2D eigenvalue weighted by atomic mass is 16.5. The minimum Gasteiger partial charge on any atom is -0.379 e. The van der Waals surface area contributed by atoms with Crippen LogP contribution in [0.15, 0.2) is 6.33 Å². The van der Waals surface area contributed by atoms with Gasteiger partial charge in [-0.15, -0.1) is 0 Å². The molecule has 1 aromatic rings. The van der Waals surface area contributed by atoms with Crippen LogP contribution in [0.4, 0.5) is 0 Å². The monoisotopic (exact) mass is 224 g/mol. The van der Waals surface area contributed by atoms with Crippen molar-refractivity contribution in [3.05, 3.63) is 12.2 Å². The van der Waals surface area contributed by atoms with E-state index < -0.39 is 0 Å². The van der Waals surface area contributed by atoms with Crippen molar-refractivity contribution >= 4 is 0 Å². The zero-order valence-corrected chi connectivity index (χ0v) is 10.0. The van der Waals surface area contributed by atoms with E-state index in [0.717, 1.165) is 38.4 Å². The Balaban J connectivity index is 1.90. The van der Waals surface area contributed by atoms with Crippen LogP contribution in [0.1, 0.15) is 38.6 Å². The Kier molecular flexibility index (Phi) is 3.90. The molecule has 0 aromatic carbocycles. The molecule has 1 N–H and O–H groups in total. The first-order valence-electron chi connectivity index (χ1n) is 5.97. The summed E-state index contributed by atoms with van der Waals surface area (Å²) in [6, 6.07) is 0.832. The quantitative estimate of drug-likeness (QED) is 0.833. The summed E-state index contributed by atoms with van der Waals surface area (Å²) in [6.07, 6.45) is 4.07. The molecule has 0 spiro atoms. The predicted octanol–water partition coefficient (Wildman–Crippen LogP) is 1.13. The molecule has 1 saturated heterocycles. The summed E-state index contributed by atoms with van der Waals surface area (Å²) < 4.78 is 7.38. The van der Waals surface area contributed by atoms with Crippen LogP contribution < -0.4 is 5.32 Å². The Morgan fingerprint density at radius 2 is 2.50 bits per heavy atom. The molecule has 0 aliphatic carbocycles. The smallest absolute Gasteiger partial charge is 0.164 e. The fourth-order valence-electron chi connectivity index (χ4n) is 1.80. The van der Waals surface area contributed by atoms with Crippen LogP contribution in [0, 0.1) is 0 Å². The van der Waals surface area contributed by atoms with Crippen LogP contribution in [0.5, 0.6) is 0 Å². The Morgan fingerprint density at radius 1 is 1.62 bits per heavy atom. The fraction of sp³-hybridized carbons (Fsp3) is 0.818. The summed E-state index contributed by atoms with van der Waals surface area (Å²) in [4.78, 5) is 4.30. The zero-order valence-electron chi connectivity index (χ0n) is 10.0. The van der Waals surface area contributed by atoms with E-state index in [4.69, 9.17) is 4.74 Å². The number of aromatic nitrogens is 3. The van der Waals surface area contributed by atoms with Crippen LogP contribution in [-0.4, -0.2) is 34.0 Å². The lowest BCUT2D eigenvalue weighted by Gasteiger charge is -2.21. The predicted molar refractivity (Wildman–Crippen MR) is 61.1 cm³/mol. The number of ether oxygens (including phenoxy) is 1. The second-order valence-corrected chi connectivity index (χ2v) is 4.55. The van der Waals surface area contributed by atoms with Gasteiger partial charge in [-0.25, -0.2) is 9.67 Å². The summed E-state index contributed by atoms with van der Waals surface area (Å²) in [5.41, 5.74) is 0. The molecule has 0 saturated carbocycles. The average Bonchev–Trinajstić information content (AvgIpc) is 2.76. The molecule has 16 heavy (non-hydrogen) atoms. The van der Waals surface area contributed by atoms with Gasteiger partial charge in [-0.2, -0.15) is 5.10 Å². The fourth-order valence-corrected chi connectivity index (χ4v) is 1.80. The van der Waals surface area contributed by atoms with Crippen LogP contribution in [-0.2, 0) is 11.3 Å². The van der Waals surface area contributed by atoms with Gasteiger partial charge in [0.05, 0.1) is 19.2 Å². The number of rotatable bonds is 4. The summed E-state index contributed by atoms with van der Waals surface area (Å²) in [5, 5.41) is 7.78. The molecule has 1 aliphatic rings. The standard InChI is InChI=1S/C11H20N4O/c1-9(2)12-6-11-13-8-15(14-11)10-4-3-5-16-7-10/h8-10,12H,3-7H2,1-2H3. The molecule has 1 unspecified atom stereocenters. The van der Waals surface area contributed by atoms with Crippen molar-refractivity contribution in [2.75, 3.05) is 13.2 Å². The first kappa shape index (κ1) is 11.5. The van der Waals surface area contributed by atoms with E-state index in [1.54, 1.807) is 0 Å². The third-order valence-electron chi connectivity index (χ3n) is 2.73. The number of hydrogen-bond acceptors (Lipinski definition) is 4. The third-order valence-corrected chi connectivity index (χ3v) is 2.73. The maximum Gasteiger partial charge on any atom is 0.164 e. The Labute approximate surface area is 96.2 Å². The van der Waals surface area contributed by atoms with Gasteiger partial charge in [0, 0.05) is 12.6 Å². The number of hydrogen-bond donors (Lipinski definition) is 1. The Morgan fingerprint density at radius 3 is 3.19 bits per heavy atom. The van der Waals surface area contributed by atoms with Gasteiger partial charge in [0.1, 0.15) is 6.33 Å². The van der Waals surface area contributed by atoms with Crippen LogP contribution >= 0.6 is 0 Å². The molecule has 2 rings (SSSR count). The number of nitrogens with one attached hydrogen (secondary N) is 1. The minimum absolute atomic E-state index is 0.369. The molecule has 0 bridgehead atoms. The van der Waals surface area contributed by atoms with E-state index in [0.29, 0.717) is 12.1 Å². The highest BCUT2D eigenvalue weighted by molar-refractivity contribution is 4.84. The van der Waals surface area contributed by atoms with E-state index in [-0.39, 0.29) is 0 Å². The van der Waals surface area contributed by atoms with E-state index in [9.17, 15) is 0 Å². The molecule has 2 heterocycles. The summed E-state index contributed by atoms with van der Waals surface area (Å²) in [6.45, 7) is 6.61. The molecule has 1 aromatic heterocycles. The zero-order chi connectivity index (χ0) is 11.4. The van der Waals surface area contributed by atoms with Crippen molar-refractivity contribution in [1.29, 1.82) is 0 Å². The third kappa shape index (κ3) is 3.02. The van der Waals surface area contributed by atoms with Gasteiger partial charge >= 0.3 is 0 Å². The van der Waals surface area contributed by atoms with Gasteiger partial charge in [-0.05, 0) is 12.8 Å². The summed E-state index contributed by atoms with van der Waals surface area (Å²) in [5.74, 6) is 0.860. The Hall–Kier alpha value is -0.940. The van der Waals surface area contributed by atoms with E-state index in [1.165, 1.54) is 0 Å². The largest absolute Gasteiger partial charge is 0.379 e. The van der Waals surface area contributed by atoms with Crippen molar-refractivity contribution in [3.8, 4) is 0 Å². The van der Waals surface area contributed by atoms with Gasteiger partial charge in [0.2, 0.25) is 0 Å². The molecular weight excluding hydrogens is 204 g/mol. The van der Waals surface area contributed by atoms with E-state index in [1.807, 2.05) is 11.0 Å². The Bertz CT molecular complexity index is 318. The van der Waals surface area contributed by atoms with Gasteiger partial charge in [0.25, 0.3) is 0 Å². The summed E-state index contributed by atoms with van der Waals surface area (Å²) in [7, 11) is 0. The lowest BCUT2D eigenvalue weighted by atomic mass is 10.1. The lowest BCUT2D eigenvalue weighted by Crippen LogP contribution is -2.24. The maximum atomic E-state index is 5.44. The van der Waals surface area contributed by atoms with Crippen LogP contribution in [0.3, 0.4) is 0 Å². The molecule has 0 amide bonds. The van der Waals surface area contributed by atoms with E-state index in [2.05, 4.69) is 29.2 Å². The highest BCUT2D eigenvalue weighted by Crippen LogP contribution is 2.17. The van der Waals surface area contributed by atoms with Gasteiger partial charge in [-0.1, -0.05) is 13.8 Å². The van der Waals surface area contributed by atoms with E-state index >= 15 is 0 Å². The van der Waals surface area contributed by atoms with Gasteiger partial charge in [0.15, 0.2) is 5.82 Å². The molecule has 90 valence electrons. The highest BCUT2D eigenvalue weighted by Gasteiger charge is 2.16. The minimum atomic E-state index is 0.369. The number of nitrogens with zero attached hydrogens (tertiary/aromatic N) is 3. The SMILES string of the molecule is CC(C)NCc1ncn(C2CCCOC2)n1. The molecule has 0 radical (unpaired) electrons. The molecular formula is C11H20N4O. The summed E-state index contributed by atoms with van der Waals surface area (Å²) >= 11 is 0. The first-order valence-corrected chi connectivity index (χ1v) is 5.97. The lowest BCUT2D eigenvalue weighted by molar-refractivity contribution is 0.0547. The van der Waals surface area contributed by atoms with Crippen molar-refractivity contribution in [2.45, 2.75) is 45.3 Å². The molecule has 1 fully saturated rings. The van der Waals surface area contributed by atoms with Crippen molar-refractivity contribution in [1.82, 2.24) is 20.1 Å². The maximum absolute atomic E-state index is 5.44. The van der Waals surface area contributed by atoms with Crippen molar-refractivity contribution < 1.29 is 4.74 Å². The second-order valence-electron chi connectivity index (χ2n) is 4.55. The van der Waals surface area contributed by atoms with Gasteiger partial charge in [-0.3, -0.25) is 0 Å². The van der Waals surface area contributed by atoms with Gasteiger partial charge < -0.3 is 10.1 Å². The first-order chi connectivity index (χ1) is 7.75. The second kappa shape index (κ2) is 5.41. The molecule has 1 atom stereocenters. The average molecular weight is 224 g/mol.